The summed E-state index contributed by atoms with van der Waals surface area (Å²) >= 11 is 0. The third-order valence-electron chi connectivity index (χ3n) is 9.69. The molecule has 41 heavy (non-hydrogen) atoms. The van der Waals surface area contributed by atoms with Crippen LogP contribution in [0.15, 0.2) is 35.5 Å². The van der Waals surface area contributed by atoms with E-state index in [0.717, 1.165) is 42.9 Å². The molecule has 0 radical (unpaired) electrons. The predicted molar refractivity (Wildman–Crippen MR) is 149 cm³/mol. The van der Waals surface area contributed by atoms with Gasteiger partial charge >= 0.3 is 6.18 Å². The van der Waals surface area contributed by atoms with E-state index in [0.29, 0.717) is 25.7 Å². The highest BCUT2D eigenvalue weighted by Gasteiger charge is 2.65. The fourth-order valence-corrected chi connectivity index (χ4v) is 7.59. The van der Waals surface area contributed by atoms with Crippen LogP contribution in [0.4, 0.5) is 22.0 Å². The molecule has 3 aliphatic carbocycles. The molecule has 236 valence electrons. The van der Waals surface area contributed by atoms with Gasteiger partial charge < -0.3 is 20.4 Å². The Balaban J connectivity index is 1.93. The average molecular weight is 599 g/mol. The van der Waals surface area contributed by atoms with Gasteiger partial charge in [-0.3, -0.25) is 0 Å². The van der Waals surface area contributed by atoms with Crippen molar-refractivity contribution in [3.8, 4) is 0 Å². The summed E-state index contributed by atoms with van der Waals surface area (Å²) in [7, 11) is 0. The molecule has 3 saturated carbocycles. The van der Waals surface area contributed by atoms with Crippen LogP contribution in [0.25, 0.3) is 0 Å². The molecular weight excluding hydrogens is 543 g/mol. The van der Waals surface area contributed by atoms with Crippen molar-refractivity contribution < 1.29 is 50.6 Å². The number of halogens is 5. The Labute approximate surface area is 249 Å². The van der Waals surface area contributed by atoms with Crippen molar-refractivity contribution >= 4 is 0 Å². The van der Waals surface area contributed by atoms with E-state index >= 15 is 0 Å². The van der Waals surface area contributed by atoms with Gasteiger partial charge in [0.15, 0.2) is 0 Å². The number of aliphatic hydroxyl groups is 4. The van der Waals surface area contributed by atoms with Crippen molar-refractivity contribution in [1.29, 1.82) is 0 Å². The Bertz CT molecular complexity index is 1140. The lowest BCUT2D eigenvalue weighted by molar-refractivity contribution is -0.305. The van der Waals surface area contributed by atoms with Crippen molar-refractivity contribution in [2.24, 2.45) is 23.2 Å². The van der Waals surface area contributed by atoms with Crippen LogP contribution in [-0.2, 0) is 0 Å². The molecule has 0 aromatic rings. The summed E-state index contributed by atoms with van der Waals surface area (Å²) in [5.74, 6) is -5.12. The maximum Gasteiger partial charge on any atom is 0.426 e. The molecule has 0 aliphatic heterocycles. The zero-order valence-electron chi connectivity index (χ0n) is 29.9. The molecule has 0 heterocycles. The third-order valence-corrected chi connectivity index (χ3v) is 9.69. The number of allylic oxidation sites excluding steroid dienone is 4. The average Bonchev–Trinajstić information content (AvgIpc) is 3.25. The molecule has 0 aromatic heterocycles. The second-order valence-electron chi connectivity index (χ2n) is 12.9. The van der Waals surface area contributed by atoms with Gasteiger partial charge in [0, 0.05) is 15.1 Å². The van der Waals surface area contributed by atoms with Crippen molar-refractivity contribution in [1.82, 2.24) is 0 Å². The van der Waals surface area contributed by atoms with Crippen LogP contribution >= 0.6 is 0 Å². The van der Waals surface area contributed by atoms with Crippen LogP contribution < -0.4 is 0 Å². The van der Waals surface area contributed by atoms with E-state index in [4.69, 9.17) is 8.22 Å². The molecule has 0 saturated heterocycles. The summed E-state index contributed by atoms with van der Waals surface area (Å²) in [5, 5.41) is 40.9. The Morgan fingerprint density at radius 2 is 1.71 bits per heavy atom. The molecule has 1 unspecified atom stereocenters. The monoisotopic (exact) mass is 598 g/mol. The van der Waals surface area contributed by atoms with Crippen LogP contribution in [0, 0.1) is 23.2 Å². The number of fused-ring (bicyclic) bond motifs is 1. The van der Waals surface area contributed by atoms with E-state index in [1.165, 1.54) is 0 Å². The minimum absolute atomic E-state index is 0.0185. The van der Waals surface area contributed by atoms with Crippen LogP contribution in [0.5, 0.6) is 0 Å². The Morgan fingerprint density at radius 3 is 2.29 bits per heavy atom. The normalized spacial score (nSPS) is 36.0. The van der Waals surface area contributed by atoms with E-state index in [-0.39, 0.29) is 49.5 Å². The highest BCUT2D eigenvalue weighted by atomic mass is 19.4. The molecular formula is C32H49F5O4. The molecule has 4 nitrogen and oxygen atoms in total. The quantitative estimate of drug-likeness (QED) is 0.156. The molecule has 0 spiro atoms. The largest absolute Gasteiger partial charge is 0.426 e. The summed E-state index contributed by atoms with van der Waals surface area (Å²) in [6, 6.07) is 0. The molecule has 3 aliphatic rings. The first-order valence-electron chi connectivity index (χ1n) is 17.6. The standard InChI is InChI=1S/C32H49F5O4/c1-28(2,40)15-5-8-22(10-7-17-31(41,30(4,33)34)32(35,36)37)26-13-14-27-23(9-6-16-29(26,27)3)12-11-21-18-24(38)20-25(39)19-21/h7,11-12,17,22,24-27,38-41H,5-6,8-10,13-16,18-20H2,1-4H3/b17-7+,23-12+/t22-,24+,25+,26+,27-,29+,31?/m0/s1/i1D3,2D3. The smallest absolute Gasteiger partial charge is 0.393 e. The first-order valence-corrected chi connectivity index (χ1v) is 14.6. The molecule has 9 heteroatoms. The fourth-order valence-electron chi connectivity index (χ4n) is 7.59. The van der Waals surface area contributed by atoms with Gasteiger partial charge in [-0.05, 0) is 114 Å². The topological polar surface area (TPSA) is 80.9 Å². The van der Waals surface area contributed by atoms with E-state index in [1.54, 1.807) is 0 Å². The van der Waals surface area contributed by atoms with E-state index in [2.05, 4.69) is 6.92 Å². The molecule has 7 atom stereocenters. The molecule has 0 bridgehead atoms. The Kier molecular flexibility index (Phi) is 8.13. The minimum Gasteiger partial charge on any atom is -0.393 e. The fraction of sp³-hybridized carbons (Fsp3) is 0.812. The molecule has 0 aromatic carbocycles. The van der Waals surface area contributed by atoms with Gasteiger partial charge in [-0.15, -0.1) is 0 Å². The second-order valence-corrected chi connectivity index (χ2v) is 12.9. The van der Waals surface area contributed by atoms with Gasteiger partial charge in [0.2, 0.25) is 5.60 Å². The van der Waals surface area contributed by atoms with Crippen molar-refractivity contribution in [3.05, 3.63) is 35.5 Å². The molecule has 0 amide bonds. The maximum absolute atomic E-state index is 14.0. The highest BCUT2D eigenvalue weighted by molar-refractivity contribution is 5.26. The van der Waals surface area contributed by atoms with Gasteiger partial charge in [0.05, 0.1) is 17.8 Å². The molecule has 4 N–H and O–H groups in total. The van der Waals surface area contributed by atoms with Gasteiger partial charge in [-0.2, -0.15) is 13.2 Å². The highest BCUT2D eigenvalue weighted by Crippen LogP contribution is 2.60. The van der Waals surface area contributed by atoms with E-state index in [1.807, 2.05) is 12.2 Å². The lowest BCUT2D eigenvalue weighted by atomic mass is 9.60. The SMILES string of the molecule is [2H]C([2H])([2H])C(O)(CCC[C@@H](C/C=C/C(O)(C(C)(F)F)C(F)(F)F)[C@H]1CC[C@H]2/C(=C/C=C3C[C@@H](O)C[C@H](O)C3)CCC[C@]12C)C([2H])([2H])[2H]. The summed E-state index contributed by atoms with van der Waals surface area (Å²) in [5.41, 5.74) is -5.71. The lowest BCUT2D eigenvalue weighted by Crippen LogP contribution is -2.56. The molecule has 3 fully saturated rings. The molecule has 3 rings (SSSR count). The Morgan fingerprint density at radius 1 is 1.05 bits per heavy atom. The first kappa shape index (κ1) is 26.1. The number of alkyl halides is 5. The summed E-state index contributed by atoms with van der Waals surface area (Å²) in [6.45, 7) is -4.42. The zero-order valence-corrected chi connectivity index (χ0v) is 23.9. The number of rotatable bonds is 10. The number of aliphatic hydroxyl groups excluding tert-OH is 2. The van der Waals surface area contributed by atoms with Gasteiger partial charge in [0.25, 0.3) is 5.92 Å². The van der Waals surface area contributed by atoms with E-state index in [9.17, 15) is 42.4 Å². The number of hydrogen-bond donors (Lipinski definition) is 4. The third kappa shape index (κ3) is 8.21. The van der Waals surface area contributed by atoms with E-state index < -0.39 is 61.6 Å². The minimum atomic E-state index is -5.67. The lowest BCUT2D eigenvalue weighted by Gasteiger charge is -2.45. The predicted octanol–water partition coefficient (Wildman–Crippen LogP) is 7.41. The van der Waals surface area contributed by atoms with Crippen molar-refractivity contribution in [3.63, 3.8) is 0 Å². The zero-order chi connectivity index (χ0) is 35.9. The van der Waals surface area contributed by atoms with Crippen LogP contribution in [-0.4, -0.2) is 55.9 Å². The van der Waals surface area contributed by atoms with Crippen LogP contribution in [0.2, 0.25) is 0 Å². The summed E-state index contributed by atoms with van der Waals surface area (Å²) in [4.78, 5) is 0. The first-order chi connectivity index (χ1) is 21.3. The van der Waals surface area contributed by atoms with Gasteiger partial charge in [0.1, 0.15) is 0 Å². The summed E-state index contributed by atoms with van der Waals surface area (Å²) in [6.07, 6.45) is 2.18. The van der Waals surface area contributed by atoms with Crippen LogP contribution in [0.1, 0.15) is 113 Å². The summed E-state index contributed by atoms with van der Waals surface area (Å²) < 4.78 is 115. The van der Waals surface area contributed by atoms with Gasteiger partial charge in [-0.25, -0.2) is 8.78 Å². The maximum atomic E-state index is 14.0. The van der Waals surface area contributed by atoms with Crippen molar-refractivity contribution in [2.75, 3.05) is 0 Å². The van der Waals surface area contributed by atoms with Crippen molar-refractivity contribution in [2.45, 2.75) is 140 Å². The Hall–Kier alpha value is -1.29. The van der Waals surface area contributed by atoms with Crippen LogP contribution in [0.3, 0.4) is 0 Å². The number of hydrogen-bond acceptors (Lipinski definition) is 4. The van der Waals surface area contributed by atoms with Gasteiger partial charge in [-0.1, -0.05) is 42.7 Å². The second kappa shape index (κ2) is 12.7.